The van der Waals surface area contributed by atoms with Crippen molar-refractivity contribution in [3.05, 3.63) is 59.7 Å². The Bertz CT molecular complexity index is 865. The van der Waals surface area contributed by atoms with Crippen molar-refractivity contribution in [2.24, 2.45) is 0 Å². The van der Waals surface area contributed by atoms with E-state index in [-0.39, 0.29) is 12.4 Å². The predicted octanol–water partition coefficient (Wildman–Crippen LogP) is 3.98. The van der Waals surface area contributed by atoms with E-state index in [9.17, 15) is 9.18 Å². The van der Waals surface area contributed by atoms with Crippen molar-refractivity contribution in [1.82, 2.24) is 4.98 Å². The Kier molecular flexibility index (Phi) is 5.25. The number of carbonyl (C=O) groups excluding carboxylic acids is 1. The largest absolute Gasteiger partial charge is 0.497 e. The lowest BCUT2D eigenvalue weighted by atomic mass is 10.2. The summed E-state index contributed by atoms with van der Waals surface area (Å²) in [6.07, 6.45) is 0. The molecule has 3 rings (SSSR count). The molecule has 0 spiro atoms. The van der Waals surface area contributed by atoms with Gasteiger partial charge in [-0.25, -0.2) is 9.37 Å². The maximum atomic E-state index is 13.4. The average molecular weight is 358 g/mol. The number of benzene rings is 2. The lowest BCUT2D eigenvalue weighted by molar-refractivity contribution is -0.118. The summed E-state index contributed by atoms with van der Waals surface area (Å²) in [5, 5.41) is 4.93. The van der Waals surface area contributed by atoms with Gasteiger partial charge in [0, 0.05) is 10.9 Å². The fourth-order valence-electron chi connectivity index (χ4n) is 2.09. The number of ether oxygens (including phenoxy) is 2. The number of carbonyl (C=O) groups is 1. The first-order chi connectivity index (χ1) is 12.2. The molecule has 0 saturated heterocycles. The SMILES string of the molecule is COc1ccc(-c2csc(NC(=O)COc3ccccc3F)n2)cc1. The highest BCUT2D eigenvalue weighted by Gasteiger charge is 2.10. The zero-order valence-corrected chi connectivity index (χ0v) is 14.2. The lowest BCUT2D eigenvalue weighted by Gasteiger charge is -2.06. The Morgan fingerprint density at radius 3 is 2.68 bits per heavy atom. The topological polar surface area (TPSA) is 60.5 Å². The van der Waals surface area contributed by atoms with Gasteiger partial charge in [-0.1, -0.05) is 12.1 Å². The minimum Gasteiger partial charge on any atom is -0.497 e. The molecular weight excluding hydrogens is 343 g/mol. The van der Waals surface area contributed by atoms with Crippen molar-refractivity contribution in [3.63, 3.8) is 0 Å². The summed E-state index contributed by atoms with van der Waals surface area (Å²) >= 11 is 1.30. The Labute approximate surface area is 148 Å². The zero-order chi connectivity index (χ0) is 17.6. The molecule has 0 saturated carbocycles. The molecule has 1 heterocycles. The second-order valence-corrected chi connectivity index (χ2v) is 5.89. The first kappa shape index (κ1) is 16.9. The number of hydrogen-bond donors (Lipinski definition) is 1. The van der Waals surface area contributed by atoms with E-state index in [2.05, 4.69) is 10.3 Å². The predicted molar refractivity (Wildman–Crippen MR) is 94.6 cm³/mol. The Morgan fingerprint density at radius 1 is 1.20 bits per heavy atom. The fourth-order valence-corrected chi connectivity index (χ4v) is 2.82. The van der Waals surface area contributed by atoms with Gasteiger partial charge < -0.3 is 9.47 Å². The molecule has 1 aromatic heterocycles. The zero-order valence-electron chi connectivity index (χ0n) is 13.4. The second-order valence-electron chi connectivity index (χ2n) is 5.03. The smallest absolute Gasteiger partial charge is 0.264 e. The molecule has 2 aromatic carbocycles. The molecular formula is C18H15FN2O3S. The fraction of sp³-hybridized carbons (Fsp3) is 0.111. The molecule has 0 radical (unpaired) electrons. The minimum atomic E-state index is -0.508. The maximum Gasteiger partial charge on any atom is 0.264 e. The molecule has 128 valence electrons. The van der Waals surface area contributed by atoms with Crippen molar-refractivity contribution >= 4 is 22.4 Å². The molecule has 3 aromatic rings. The number of nitrogens with zero attached hydrogens (tertiary/aromatic N) is 1. The van der Waals surface area contributed by atoms with E-state index >= 15 is 0 Å². The van der Waals surface area contributed by atoms with E-state index in [0.29, 0.717) is 5.13 Å². The first-order valence-electron chi connectivity index (χ1n) is 7.43. The molecule has 0 fully saturated rings. The molecule has 0 aliphatic carbocycles. The summed E-state index contributed by atoms with van der Waals surface area (Å²) in [7, 11) is 1.61. The number of nitrogens with one attached hydrogen (secondary N) is 1. The van der Waals surface area contributed by atoms with E-state index in [1.54, 1.807) is 19.2 Å². The van der Waals surface area contributed by atoms with Crippen LogP contribution in [0.2, 0.25) is 0 Å². The van der Waals surface area contributed by atoms with Crippen LogP contribution in [0.25, 0.3) is 11.3 Å². The number of aromatic nitrogens is 1. The van der Waals surface area contributed by atoms with Gasteiger partial charge in [-0.15, -0.1) is 11.3 Å². The highest BCUT2D eigenvalue weighted by Crippen LogP contribution is 2.26. The van der Waals surface area contributed by atoms with Crippen molar-refractivity contribution in [2.45, 2.75) is 0 Å². The number of amides is 1. The Balaban J connectivity index is 1.59. The molecule has 0 aliphatic rings. The summed E-state index contributed by atoms with van der Waals surface area (Å²) in [4.78, 5) is 16.3. The van der Waals surface area contributed by atoms with Crippen molar-refractivity contribution in [2.75, 3.05) is 19.0 Å². The molecule has 5 nitrogen and oxygen atoms in total. The molecule has 1 N–H and O–H groups in total. The van der Waals surface area contributed by atoms with Gasteiger partial charge in [-0.3, -0.25) is 10.1 Å². The number of methoxy groups -OCH3 is 1. The number of anilines is 1. The molecule has 7 heteroatoms. The lowest BCUT2D eigenvalue weighted by Crippen LogP contribution is -2.20. The van der Waals surface area contributed by atoms with E-state index in [4.69, 9.17) is 9.47 Å². The molecule has 0 atom stereocenters. The third-order valence-electron chi connectivity index (χ3n) is 3.33. The molecule has 0 aliphatic heterocycles. The van der Waals surface area contributed by atoms with Crippen LogP contribution in [0, 0.1) is 5.82 Å². The van der Waals surface area contributed by atoms with Crippen LogP contribution in [0.15, 0.2) is 53.9 Å². The van der Waals surface area contributed by atoms with Crippen LogP contribution in [-0.4, -0.2) is 24.6 Å². The quantitative estimate of drug-likeness (QED) is 0.724. The van der Waals surface area contributed by atoms with Crippen LogP contribution in [0.3, 0.4) is 0 Å². The number of hydrogen-bond acceptors (Lipinski definition) is 5. The van der Waals surface area contributed by atoms with E-state index < -0.39 is 11.7 Å². The highest BCUT2D eigenvalue weighted by atomic mass is 32.1. The summed E-state index contributed by atoms with van der Waals surface area (Å²) in [6.45, 7) is -0.293. The normalized spacial score (nSPS) is 10.3. The van der Waals surface area contributed by atoms with E-state index in [1.807, 2.05) is 29.6 Å². The monoisotopic (exact) mass is 358 g/mol. The summed E-state index contributed by atoms with van der Waals surface area (Å²) in [5.41, 5.74) is 1.66. The molecule has 25 heavy (non-hydrogen) atoms. The third kappa shape index (κ3) is 4.33. The van der Waals surface area contributed by atoms with Crippen molar-refractivity contribution in [1.29, 1.82) is 0 Å². The molecule has 1 amide bonds. The Morgan fingerprint density at radius 2 is 1.96 bits per heavy atom. The van der Waals surface area contributed by atoms with Gasteiger partial charge in [-0.2, -0.15) is 0 Å². The van der Waals surface area contributed by atoms with Crippen LogP contribution >= 0.6 is 11.3 Å². The maximum absolute atomic E-state index is 13.4. The van der Waals surface area contributed by atoms with E-state index in [0.717, 1.165) is 17.0 Å². The second kappa shape index (κ2) is 7.76. The number of thiazole rings is 1. The van der Waals surface area contributed by atoms with Gasteiger partial charge in [0.2, 0.25) is 0 Å². The molecule has 0 bridgehead atoms. The first-order valence-corrected chi connectivity index (χ1v) is 8.31. The van der Waals surface area contributed by atoms with Gasteiger partial charge in [0.15, 0.2) is 23.3 Å². The van der Waals surface area contributed by atoms with Crippen LogP contribution in [0.1, 0.15) is 0 Å². The Hall–Kier alpha value is -2.93. The van der Waals surface area contributed by atoms with Gasteiger partial charge in [-0.05, 0) is 36.4 Å². The van der Waals surface area contributed by atoms with Crippen LogP contribution in [0.5, 0.6) is 11.5 Å². The molecule has 0 unspecified atom stereocenters. The van der Waals surface area contributed by atoms with Crippen LogP contribution in [0.4, 0.5) is 9.52 Å². The minimum absolute atomic E-state index is 0.0377. The van der Waals surface area contributed by atoms with Crippen molar-refractivity contribution in [3.8, 4) is 22.8 Å². The van der Waals surface area contributed by atoms with Gasteiger partial charge in [0.1, 0.15) is 5.75 Å². The van der Waals surface area contributed by atoms with E-state index in [1.165, 1.54) is 23.5 Å². The highest BCUT2D eigenvalue weighted by molar-refractivity contribution is 7.14. The summed E-state index contributed by atoms with van der Waals surface area (Å²) in [6, 6.07) is 13.4. The summed E-state index contributed by atoms with van der Waals surface area (Å²) < 4.78 is 23.7. The standard InChI is InChI=1S/C18H15FN2O3S/c1-23-13-8-6-12(7-9-13)15-11-25-18(20-15)21-17(22)10-24-16-5-3-2-4-14(16)19/h2-9,11H,10H2,1H3,(H,20,21,22). The van der Waals surface area contributed by atoms with Gasteiger partial charge in [0.25, 0.3) is 5.91 Å². The third-order valence-corrected chi connectivity index (χ3v) is 4.09. The van der Waals surface area contributed by atoms with Crippen LogP contribution < -0.4 is 14.8 Å². The summed E-state index contributed by atoms with van der Waals surface area (Å²) in [5.74, 6) is -0.112. The van der Waals surface area contributed by atoms with Gasteiger partial charge in [0.05, 0.1) is 12.8 Å². The number of halogens is 1. The average Bonchev–Trinajstić information content (AvgIpc) is 3.09. The van der Waals surface area contributed by atoms with Crippen LogP contribution in [-0.2, 0) is 4.79 Å². The van der Waals surface area contributed by atoms with Crippen molar-refractivity contribution < 1.29 is 18.7 Å². The number of para-hydroxylation sites is 1. The number of rotatable bonds is 6. The van der Waals surface area contributed by atoms with Gasteiger partial charge >= 0.3 is 0 Å².